The topological polar surface area (TPSA) is 71.5 Å². The molecule has 0 radical (unpaired) electrons. The molecule has 142 valence electrons. The smallest absolute Gasteiger partial charge is 0.258 e. The van der Waals surface area contributed by atoms with Crippen molar-refractivity contribution in [2.75, 3.05) is 20.7 Å². The third kappa shape index (κ3) is 3.76. The van der Waals surface area contributed by atoms with Gasteiger partial charge in [0.2, 0.25) is 0 Å². The monoisotopic (exact) mass is 387 g/mol. The number of rotatable bonds is 4. The molecule has 7 heteroatoms. The Bertz CT molecular complexity index is 885. The van der Waals surface area contributed by atoms with Crippen LogP contribution < -0.4 is 10.1 Å². The van der Waals surface area contributed by atoms with Gasteiger partial charge in [0.15, 0.2) is 0 Å². The van der Waals surface area contributed by atoms with Crippen molar-refractivity contribution in [2.24, 2.45) is 0 Å². The molecule has 1 fully saturated rings. The highest BCUT2D eigenvalue weighted by atomic mass is 35.5. The van der Waals surface area contributed by atoms with Crippen LogP contribution in [0.4, 0.5) is 0 Å². The highest BCUT2D eigenvalue weighted by Gasteiger charge is 2.33. The van der Waals surface area contributed by atoms with E-state index < -0.39 is 0 Å². The summed E-state index contributed by atoms with van der Waals surface area (Å²) in [7, 11) is 3.12. The van der Waals surface area contributed by atoms with Crippen LogP contribution in [0.15, 0.2) is 30.3 Å². The summed E-state index contributed by atoms with van der Waals surface area (Å²) in [6, 6.07) is 8.47. The first-order chi connectivity index (χ1) is 13.0. The van der Waals surface area contributed by atoms with Gasteiger partial charge in [0.1, 0.15) is 5.75 Å². The zero-order valence-corrected chi connectivity index (χ0v) is 16.3. The second kappa shape index (κ2) is 7.96. The predicted octanol–water partition coefficient (Wildman–Crippen LogP) is 3.39. The molecule has 1 N–H and O–H groups in total. The molecule has 0 saturated carbocycles. The lowest BCUT2D eigenvalue weighted by Gasteiger charge is -2.25. The van der Waals surface area contributed by atoms with Crippen LogP contribution in [0.25, 0.3) is 0 Å². The normalized spacial score (nSPS) is 16.3. The number of aryl methyl sites for hydroxylation is 1. The van der Waals surface area contributed by atoms with Gasteiger partial charge in [-0.3, -0.25) is 14.6 Å². The van der Waals surface area contributed by atoms with E-state index >= 15 is 0 Å². The Balaban J connectivity index is 1.92. The number of carbonyl (C=O) groups excluding carboxylic acids is 2. The van der Waals surface area contributed by atoms with Crippen molar-refractivity contribution < 1.29 is 14.3 Å². The van der Waals surface area contributed by atoms with Crippen LogP contribution in [0.5, 0.6) is 5.75 Å². The van der Waals surface area contributed by atoms with Gasteiger partial charge in [-0.05, 0) is 50.1 Å². The van der Waals surface area contributed by atoms with Crippen LogP contribution in [0.1, 0.15) is 51.0 Å². The summed E-state index contributed by atoms with van der Waals surface area (Å²) < 4.78 is 5.33. The van der Waals surface area contributed by atoms with Gasteiger partial charge in [0, 0.05) is 18.6 Å². The van der Waals surface area contributed by atoms with Gasteiger partial charge in [-0.1, -0.05) is 11.6 Å². The molecule has 0 aliphatic carbocycles. The maximum absolute atomic E-state index is 13.2. The highest BCUT2D eigenvalue weighted by molar-refractivity contribution is 6.31. The van der Waals surface area contributed by atoms with E-state index in [0.29, 0.717) is 34.1 Å². The maximum atomic E-state index is 13.2. The second-order valence-electron chi connectivity index (χ2n) is 6.45. The Morgan fingerprint density at radius 2 is 2.04 bits per heavy atom. The first-order valence-electron chi connectivity index (χ1n) is 8.80. The van der Waals surface area contributed by atoms with Crippen molar-refractivity contribution >= 4 is 23.4 Å². The molecule has 2 amide bonds. The largest absolute Gasteiger partial charge is 0.496 e. The van der Waals surface area contributed by atoms with E-state index in [1.807, 2.05) is 6.07 Å². The molecule has 0 spiro atoms. The average molecular weight is 388 g/mol. The molecule has 3 rings (SSSR count). The number of carbonyl (C=O) groups is 2. The zero-order valence-electron chi connectivity index (χ0n) is 15.6. The first kappa shape index (κ1) is 19.2. The van der Waals surface area contributed by atoms with Crippen molar-refractivity contribution in [1.29, 1.82) is 0 Å². The molecule has 1 atom stereocenters. The lowest BCUT2D eigenvalue weighted by molar-refractivity contribution is 0.0729. The van der Waals surface area contributed by atoms with Crippen molar-refractivity contribution in [2.45, 2.75) is 25.8 Å². The Morgan fingerprint density at radius 1 is 1.26 bits per heavy atom. The van der Waals surface area contributed by atoms with E-state index in [1.165, 1.54) is 7.11 Å². The van der Waals surface area contributed by atoms with Gasteiger partial charge < -0.3 is 15.0 Å². The lowest BCUT2D eigenvalue weighted by Crippen LogP contribution is -2.31. The number of halogens is 1. The minimum atomic E-state index is -0.172. The molecule has 1 aromatic carbocycles. The molecule has 1 aliphatic rings. The quantitative estimate of drug-likeness (QED) is 0.872. The van der Waals surface area contributed by atoms with Crippen LogP contribution in [-0.4, -0.2) is 42.4 Å². The maximum Gasteiger partial charge on any atom is 0.258 e. The molecule has 1 aliphatic heterocycles. The van der Waals surface area contributed by atoms with E-state index in [1.54, 1.807) is 43.1 Å². The second-order valence-corrected chi connectivity index (χ2v) is 6.89. The zero-order chi connectivity index (χ0) is 19.6. The van der Waals surface area contributed by atoms with Gasteiger partial charge in [0.05, 0.1) is 35.7 Å². The third-order valence-electron chi connectivity index (χ3n) is 4.83. The fourth-order valence-electron chi connectivity index (χ4n) is 3.46. The summed E-state index contributed by atoms with van der Waals surface area (Å²) in [5.41, 5.74) is 2.41. The van der Waals surface area contributed by atoms with Gasteiger partial charge in [-0.2, -0.15) is 0 Å². The number of hydrogen-bond acceptors (Lipinski definition) is 4. The minimum absolute atomic E-state index is 0.133. The number of methoxy groups -OCH3 is 1. The highest BCUT2D eigenvalue weighted by Crippen LogP contribution is 2.34. The molecule has 27 heavy (non-hydrogen) atoms. The Kier molecular flexibility index (Phi) is 5.65. The molecular weight excluding hydrogens is 366 g/mol. The van der Waals surface area contributed by atoms with Crippen molar-refractivity contribution in [1.82, 2.24) is 15.2 Å². The number of hydrogen-bond donors (Lipinski definition) is 1. The molecule has 6 nitrogen and oxygen atoms in total. The van der Waals surface area contributed by atoms with Gasteiger partial charge >= 0.3 is 0 Å². The molecule has 2 aromatic rings. The minimum Gasteiger partial charge on any atom is -0.496 e. The molecule has 1 saturated heterocycles. The fraction of sp³-hybridized carbons (Fsp3) is 0.350. The van der Waals surface area contributed by atoms with E-state index in [2.05, 4.69) is 10.3 Å². The third-order valence-corrected chi connectivity index (χ3v) is 5.06. The van der Waals surface area contributed by atoms with Crippen LogP contribution >= 0.6 is 11.6 Å². The average Bonchev–Trinajstić information content (AvgIpc) is 3.16. The van der Waals surface area contributed by atoms with Gasteiger partial charge in [0.25, 0.3) is 11.8 Å². The summed E-state index contributed by atoms with van der Waals surface area (Å²) in [4.78, 5) is 31.4. The standard InChI is InChI=1S/C20H22ClN3O3/c1-12-14(19(25)22-2)7-8-16(23-12)17-5-4-10-24(17)20(26)15-11-13(21)6-9-18(15)27-3/h6-9,11,17H,4-5,10H2,1-3H3,(H,22,25)/t17-/m0/s1. The van der Waals surface area contributed by atoms with E-state index in [4.69, 9.17) is 16.3 Å². The lowest BCUT2D eigenvalue weighted by atomic mass is 10.1. The number of likely N-dealkylation sites (tertiary alicyclic amines) is 1. The Morgan fingerprint density at radius 3 is 2.70 bits per heavy atom. The van der Waals surface area contributed by atoms with E-state index in [0.717, 1.165) is 18.5 Å². The number of nitrogens with zero attached hydrogens (tertiary/aromatic N) is 2. The van der Waals surface area contributed by atoms with Gasteiger partial charge in [-0.15, -0.1) is 0 Å². The molecule has 1 aromatic heterocycles. The number of aromatic nitrogens is 1. The number of benzene rings is 1. The number of amides is 2. The van der Waals surface area contributed by atoms with Crippen molar-refractivity contribution in [3.8, 4) is 5.75 Å². The summed E-state index contributed by atoms with van der Waals surface area (Å²) in [5.74, 6) is 0.190. The predicted molar refractivity (Wildman–Crippen MR) is 103 cm³/mol. The Labute approximate surface area is 163 Å². The van der Waals surface area contributed by atoms with Crippen LogP contribution in [0.3, 0.4) is 0 Å². The van der Waals surface area contributed by atoms with Crippen molar-refractivity contribution in [3.63, 3.8) is 0 Å². The summed E-state index contributed by atoms with van der Waals surface area (Å²) in [5, 5.41) is 3.09. The summed E-state index contributed by atoms with van der Waals surface area (Å²) in [6.45, 7) is 2.44. The SMILES string of the molecule is CNC(=O)c1ccc([C@@H]2CCCN2C(=O)c2cc(Cl)ccc2OC)nc1C. The molecule has 0 bridgehead atoms. The number of pyridine rings is 1. The fourth-order valence-corrected chi connectivity index (χ4v) is 3.63. The van der Waals surface area contributed by atoms with Crippen LogP contribution in [0.2, 0.25) is 5.02 Å². The van der Waals surface area contributed by atoms with Crippen LogP contribution in [0, 0.1) is 6.92 Å². The number of nitrogens with one attached hydrogen (secondary N) is 1. The van der Waals surface area contributed by atoms with Crippen molar-refractivity contribution in [3.05, 3.63) is 57.9 Å². The first-order valence-corrected chi connectivity index (χ1v) is 9.18. The molecular formula is C20H22ClN3O3. The summed E-state index contributed by atoms with van der Waals surface area (Å²) in [6.07, 6.45) is 1.71. The van der Waals surface area contributed by atoms with Crippen LogP contribution in [-0.2, 0) is 0 Å². The van der Waals surface area contributed by atoms with E-state index in [9.17, 15) is 9.59 Å². The molecule has 0 unspecified atom stereocenters. The molecule has 2 heterocycles. The summed E-state index contributed by atoms with van der Waals surface area (Å²) >= 11 is 6.08. The number of ether oxygens (including phenoxy) is 1. The van der Waals surface area contributed by atoms with E-state index in [-0.39, 0.29) is 17.9 Å². The Hall–Kier alpha value is -2.60. The van der Waals surface area contributed by atoms with Gasteiger partial charge in [-0.25, -0.2) is 0 Å².